The molecule has 4 heteroatoms. The summed E-state index contributed by atoms with van der Waals surface area (Å²) in [6.07, 6.45) is 2.96. The number of hydrogen-bond donors (Lipinski definition) is 0. The average Bonchev–Trinajstić information content (AvgIpc) is 2.48. The van der Waals surface area contributed by atoms with Crippen LogP contribution in [-0.2, 0) is 12.8 Å². The zero-order valence-electron chi connectivity index (χ0n) is 6.51. The summed E-state index contributed by atoms with van der Waals surface area (Å²) in [5, 5.41) is 10.3. The molecule has 0 fully saturated rings. The van der Waals surface area contributed by atoms with Gasteiger partial charge in [0.1, 0.15) is 10.0 Å². The maximum absolute atomic E-state index is 5.55. The number of rotatable bonds is 4. The Balaban J connectivity index is 2.44. The van der Waals surface area contributed by atoms with E-state index in [9.17, 15) is 0 Å². The Morgan fingerprint density at radius 1 is 1.36 bits per heavy atom. The molecule has 0 bridgehead atoms. The fourth-order valence-electron chi connectivity index (χ4n) is 0.750. The lowest BCUT2D eigenvalue weighted by molar-refractivity contribution is 0.871. The molecule has 0 aromatic carbocycles. The third-order valence-corrected chi connectivity index (χ3v) is 2.73. The van der Waals surface area contributed by atoms with E-state index in [-0.39, 0.29) is 0 Å². The van der Waals surface area contributed by atoms with Crippen LogP contribution in [-0.4, -0.2) is 16.1 Å². The second kappa shape index (κ2) is 4.67. The minimum absolute atomic E-state index is 0.709. The molecule has 1 aromatic heterocycles. The van der Waals surface area contributed by atoms with Gasteiger partial charge in [0.2, 0.25) is 0 Å². The summed E-state index contributed by atoms with van der Waals surface area (Å²) in [7, 11) is 0. The normalized spacial score (nSPS) is 10.4. The first kappa shape index (κ1) is 8.94. The summed E-state index contributed by atoms with van der Waals surface area (Å²) in [6, 6.07) is 0. The van der Waals surface area contributed by atoms with E-state index in [1.165, 1.54) is 0 Å². The second-order valence-electron chi connectivity index (χ2n) is 2.24. The first-order valence-corrected chi connectivity index (χ1v) is 5.09. The number of halogens is 1. The molecule has 62 valence electrons. The van der Waals surface area contributed by atoms with E-state index in [0.29, 0.717) is 5.88 Å². The molecule has 0 radical (unpaired) electrons. The molecule has 0 atom stereocenters. The third kappa shape index (κ3) is 2.75. The van der Waals surface area contributed by atoms with E-state index in [1.54, 1.807) is 11.3 Å². The standard InChI is InChI=1S/C7H11ClN2S/c1-2-6-9-10-7(11-6)4-3-5-8/h2-5H2,1H3. The third-order valence-electron chi connectivity index (χ3n) is 1.34. The van der Waals surface area contributed by atoms with Gasteiger partial charge in [-0.3, -0.25) is 0 Å². The fourth-order valence-corrected chi connectivity index (χ4v) is 1.71. The van der Waals surface area contributed by atoms with Crippen LogP contribution < -0.4 is 0 Å². The molecule has 0 unspecified atom stereocenters. The summed E-state index contributed by atoms with van der Waals surface area (Å²) in [5.74, 6) is 0.709. The van der Waals surface area contributed by atoms with E-state index in [0.717, 1.165) is 29.3 Å². The van der Waals surface area contributed by atoms with Gasteiger partial charge in [0.25, 0.3) is 0 Å². The van der Waals surface area contributed by atoms with Gasteiger partial charge < -0.3 is 0 Å². The van der Waals surface area contributed by atoms with Crippen molar-refractivity contribution < 1.29 is 0 Å². The molecule has 0 aliphatic rings. The molecule has 1 rings (SSSR count). The lowest BCUT2D eigenvalue weighted by Gasteiger charge is -1.87. The number of aryl methyl sites for hydroxylation is 2. The monoisotopic (exact) mass is 190 g/mol. The van der Waals surface area contributed by atoms with Crippen molar-refractivity contribution in [1.82, 2.24) is 10.2 Å². The molecule has 0 spiro atoms. The molecule has 11 heavy (non-hydrogen) atoms. The lowest BCUT2D eigenvalue weighted by Crippen LogP contribution is -1.84. The molecule has 0 amide bonds. The van der Waals surface area contributed by atoms with E-state index < -0.39 is 0 Å². The first-order chi connectivity index (χ1) is 5.36. The average molecular weight is 191 g/mol. The maximum atomic E-state index is 5.55. The Labute approximate surface area is 75.6 Å². The summed E-state index contributed by atoms with van der Waals surface area (Å²) in [6.45, 7) is 2.09. The highest BCUT2D eigenvalue weighted by Gasteiger charge is 2.00. The van der Waals surface area contributed by atoms with Crippen LogP contribution in [0.15, 0.2) is 0 Å². The van der Waals surface area contributed by atoms with Crippen LogP contribution in [0.2, 0.25) is 0 Å². The van der Waals surface area contributed by atoms with Crippen LogP contribution in [0.25, 0.3) is 0 Å². The highest BCUT2D eigenvalue weighted by Crippen LogP contribution is 2.11. The van der Waals surface area contributed by atoms with Crippen LogP contribution in [0.4, 0.5) is 0 Å². The molecular formula is C7H11ClN2S. The van der Waals surface area contributed by atoms with E-state index in [4.69, 9.17) is 11.6 Å². The van der Waals surface area contributed by atoms with Crippen molar-refractivity contribution in [3.05, 3.63) is 10.0 Å². The van der Waals surface area contributed by atoms with Crippen molar-refractivity contribution in [2.24, 2.45) is 0 Å². The summed E-state index contributed by atoms with van der Waals surface area (Å²) in [5.41, 5.74) is 0. The van der Waals surface area contributed by atoms with E-state index >= 15 is 0 Å². The largest absolute Gasteiger partial charge is 0.144 e. The van der Waals surface area contributed by atoms with Gasteiger partial charge in [-0.2, -0.15) is 0 Å². The maximum Gasteiger partial charge on any atom is 0.117 e. The summed E-state index contributed by atoms with van der Waals surface area (Å²) >= 11 is 7.24. The Hall–Kier alpha value is -0.150. The Kier molecular flexibility index (Phi) is 3.80. The van der Waals surface area contributed by atoms with Crippen LogP contribution >= 0.6 is 22.9 Å². The highest BCUT2D eigenvalue weighted by molar-refractivity contribution is 7.11. The molecular weight excluding hydrogens is 180 g/mol. The van der Waals surface area contributed by atoms with Crippen molar-refractivity contribution in [3.63, 3.8) is 0 Å². The minimum atomic E-state index is 0.709. The Bertz CT molecular complexity index is 212. The van der Waals surface area contributed by atoms with Gasteiger partial charge in [-0.25, -0.2) is 0 Å². The zero-order valence-corrected chi connectivity index (χ0v) is 8.08. The van der Waals surface area contributed by atoms with Crippen LogP contribution in [0.3, 0.4) is 0 Å². The smallest absolute Gasteiger partial charge is 0.117 e. The SMILES string of the molecule is CCc1nnc(CCCCl)s1. The first-order valence-electron chi connectivity index (χ1n) is 3.74. The molecule has 0 aliphatic carbocycles. The van der Waals surface area contributed by atoms with Gasteiger partial charge in [-0.1, -0.05) is 6.92 Å². The van der Waals surface area contributed by atoms with Crippen molar-refractivity contribution in [3.8, 4) is 0 Å². The van der Waals surface area contributed by atoms with Gasteiger partial charge in [-0.15, -0.1) is 33.1 Å². The van der Waals surface area contributed by atoms with Crippen LogP contribution in [0.5, 0.6) is 0 Å². The quantitative estimate of drug-likeness (QED) is 0.681. The van der Waals surface area contributed by atoms with Gasteiger partial charge in [0.05, 0.1) is 0 Å². The van der Waals surface area contributed by atoms with Crippen molar-refractivity contribution in [1.29, 1.82) is 0 Å². The van der Waals surface area contributed by atoms with E-state index in [2.05, 4.69) is 17.1 Å². The number of aromatic nitrogens is 2. The Morgan fingerprint density at radius 2 is 2.09 bits per heavy atom. The molecule has 1 heterocycles. The topological polar surface area (TPSA) is 25.8 Å². The second-order valence-corrected chi connectivity index (χ2v) is 3.76. The molecule has 0 saturated heterocycles. The van der Waals surface area contributed by atoms with Crippen LogP contribution in [0.1, 0.15) is 23.4 Å². The lowest BCUT2D eigenvalue weighted by atomic mass is 10.4. The zero-order chi connectivity index (χ0) is 8.10. The predicted octanol–water partition coefficient (Wildman–Crippen LogP) is 2.27. The van der Waals surface area contributed by atoms with Crippen molar-refractivity contribution in [2.75, 3.05) is 5.88 Å². The minimum Gasteiger partial charge on any atom is -0.144 e. The molecule has 0 aliphatic heterocycles. The fraction of sp³-hybridized carbons (Fsp3) is 0.714. The molecule has 2 nitrogen and oxygen atoms in total. The number of alkyl halides is 1. The van der Waals surface area contributed by atoms with Gasteiger partial charge in [0.15, 0.2) is 0 Å². The summed E-state index contributed by atoms with van der Waals surface area (Å²) < 4.78 is 0. The van der Waals surface area contributed by atoms with Gasteiger partial charge >= 0.3 is 0 Å². The Morgan fingerprint density at radius 3 is 2.64 bits per heavy atom. The number of nitrogens with zero attached hydrogens (tertiary/aromatic N) is 2. The molecule has 0 saturated carbocycles. The van der Waals surface area contributed by atoms with Gasteiger partial charge in [-0.05, 0) is 12.8 Å². The van der Waals surface area contributed by atoms with Gasteiger partial charge in [0, 0.05) is 12.3 Å². The van der Waals surface area contributed by atoms with Crippen LogP contribution in [0, 0.1) is 0 Å². The predicted molar refractivity (Wildman–Crippen MR) is 48.3 cm³/mol. The number of hydrogen-bond acceptors (Lipinski definition) is 3. The highest BCUT2D eigenvalue weighted by atomic mass is 35.5. The summed E-state index contributed by atoms with van der Waals surface area (Å²) in [4.78, 5) is 0. The van der Waals surface area contributed by atoms with Crippen molar-refractivity contribution >= 4 is 22.9 Å². The van der Waals surface area contributed by atoms with Crippen molar-refractivity contribution in [2.45, 2.75) is 26.2 Å². The molecule has 0 N–H and O–H groups in total. The molecule has 1 aromatic rings. The van der Waals surface area contributed by atoms with E-state index in [1.807, 2.05) is 0 Å².